The molecule has 1 saturated heterocycles. The van der Waals surface area contributed by atoms with E-state index in [2.05, 4.69) is 17.1 Å². The first kappa shape index (κ1) is 13.9. The zero-order valence-corrected chi connectivity index (χ0v) is 12.1. The molecule has 5 heteroatoms. The summed E-state index contributed by atoms with van der Waals surface area (Å²) in [6, 6.07) is -0.103. The minimum absolute atomic E-state index is 0. The van der Waals surface area contributed by atoms with Gasteiger partial charge in [0.05, 0.1) is 0 Å². The van der Waals surface area contributed by atoms with Crippen LogP contribution in [0.15, 0.2) is 0 Å². The van der Waals surface area contributed by atoms with Gasteiger partial charge in [0.1, 0.15) is 0 Å². The predicted octanol–water partition coefficient (Wildman–Crippen LogP) is -2.05. The molecular formula is C8H16KN3O. The molecule has 13 heavy (non-hydrogen) atoms. The molecule has 4 nitrogen and oxygen atoms in total. The van der Waals surface area contributed by atoms with E-state index >= 15 is 0 Å². The summed E-state index contributed by atoms with van der Waals surface area (Å²) in [4.78, 5) is 15.1. The van der Waals surface area contributed by atoms with Crippen LogP contribution in [0.25, 0.3) is 5.32 Å². The van der Waals surface area contributed by atoms with Gasteiger partial charge in [-0.1, -0.05) is 14.0 Å². The van der Waals surface area contributed by atoms with Gasteiger partial charge in [-0.3, -0.25) is 4.79 Å². The minimum atomic E-state index is -0.103. The van der Waals surface area contributed by atoms with Crippen LogP contribution in [-0.4, -0.2) is 49.7 Å². The van der Waals surface area contributed by atoms with Crippen LogP contribution in [-0.2, 0) is 0 Å². The van der Waals surface area contributed by atoms with Crippen molar-refractivity contribution in [3.05, 3.63) is 5.32 Å². The maximum atomic E-state index is 11.2. The Bertz CT molecular complexity index is 167. The summed E-state index contributed by atoms with van der Waals surface area (Å²) in [5.74, 6) is 0.550. The molecule has 1 atom stereocenters. The molecule has 0 radical (unpaired) electrons. The molecule has 1 aliphatic heterocycles. The molecule has 1 heterocycles. The van der Waals surface area contributed by atoms with Gasteiger partial charge in [-0.2, -0.15) is 0 Å². The number of urea groups is 1. The fraction of sp³-hybridized carbons (Fsp3) is 0.875. The molecule has 0 N–H and O–H groups in total. The summed E-state index contributed by atoms with van der Waals surface area (Å²) in [5.41, 5.74) is 0. The number of amides is 2. The fourth-order valence-corrected chi connectivity index (χ4v) is 1.65. The third-order valence-electron chi connectivity index (χ3n) is 2.03. The summed E-state index contributed by atoms with van der Waals surface area (Å²) >= 11 is 0. The zero-order chi connectivity index (χ0) is 9.14. The Labute approximate surface area is 122 Å². The Balaban J connectivity index is 0.00000144. The van der Waals surface area contributed by atoms with Crippen molar-refractivity contribution in [2.45, 2.75) is 6.92 Å². The van der Waals surface area contributed by atoms with Gasteiger partial charge in [-0.15, -0.1) is 0 Å². The molecule has 1 rings (SSSR count). The first-order valence-electron chi connectivity index (χ1n) is 4.20. The van der Waals surface area contributed by atoms with Crippen LogP contribution >= 0.6 is 0 Å². The maximum Gasteiger partial charge on any atom is 1.00 e. The Morgan fingerprint density at radius 1 is 1.46 bits per heavy atom. The van der Waals surface area contributed by atoms with E-state index in [4.69, 9.17) is 0 Å². The second-order valence-electron chi connectivity index (χ2n) is 3.51. The van der Waals surface area contributed by atoms with Crippen molar-refractivity contribution in [2.24, 2.45) is 5.92 Å². The predicted molar refractivity (Wildman–Crippen MR) is 48.0 cm³/mol. The number of hydrogen-bond acceptors (Lipinski definition) is 2. The second kappa shape index (κ2) is 6.37. The number of rotatable bonds is 0. The quantitative estimate of drug-likeness (QED) is 0.431. The number of carbonyl (C=O) groups excluding carboxylic acids is 1. The monoisotopic (exact) mass is 209 g/mol. The molecule has 1 fully saturated rings. The van der Waals surface area contributed by atoms with Crippen LogP contribution in [0.4, 0.5) is 4.79 Å². The molecule has 2 amide bonds. The van der Waals surface area contributed by atoms with Crippen molar-refractivity contribution >= 4 is 6.03 Å². The third kappa shape index (κ3) is 4.27. The van der Waals surface area contributed by atoms with Gasteiger partial charge < -0.3 is 15.1 Å². The molecule has 1 aliphatic rings. The summed E-state index contributed by atoms with van der Waals surface area (Å²) in [5, 5.41) is 3.64. The van der Waals surface area contributed by atoms with Gasteiger partial charge in [0.25, 0.3) is 0 Å². The van der Waals surface area contributed by atoms with Crippen molar-refractivity contribution < 1.29 is 56.2 Å². The van der Waals surface area contributed by atoms with E-state index in [1.54, 1.807) is 11.9 Å². The second-order valence-corrected chi connectivity index (χ2v) is 3.51. The molecule has 0 aromatic heterocycles. The fourth-order valence-electron chi connectivity index (χ4n) is 1.65. The van der Waals surface area contributed by atoms with Gasteiger partial charge in [-0.05, 0) is 19.5 Å². The Hall–Kier alpha value is 0.866. The summed E-state index contributed by atoms with van der Waals surface area (Å²) in [7, 11) is 3.56. The van der Waals surface area contributed by atoms with Crippen LogP contribution in [0.5, 0.6) is 0 Å². The van der Waals surface area contributed by atoms with Gasteiger partial charge in [0.2, 0.25) is 0 Å². The van der Waals surface area contributed by atoms with Gasteiger partial charge in [0.15, 0.2) is 6.03 Å². The topological polar surface area (TPSA) is 37.7 Å². The summed E-state index contributed by atoms with van der Waals surface area (Å²) in [6.07, 6.45) is 0. The van der Waals surface area contributed by atoms with Crippen LogP contribution in [0, 0.1) is 5.92 Å². The summed E-state index contributed by atoms with van der Waals surface area (Å²) < 4.78 is 0. The Morgan fingerprint density at radius 3 is 2.54 bits per heavy atom. The van der Waals surface area contributed by atoms with E-state index in [9.17, 15) is 4.79 Å². The summed E-state index contributed by atoms with van der Waals surface area (Å²) in [6.45, 7) is 4.75. The van der Waals surface area contributed by atoms with Crippen LogP contribution < -0.4 is 51.4 Å². The average molecular weight is 209 g/mol. The zero-order valence-electron chi connectivity index (χ0n) is 8.95. The number of hydrogen-bond donors (Lipinski definition) is 0. The van der Waals surface area contributed by atoms with Gasteiger partial charge >= 0.3 is 51.4 Å². The van der Waals surface area contributed by atoms with E-state index in [0.717, 1.165) is 13.1 Å². The van der Waals surface area contributed by atoms with Crippen LogP contribution in [0.2, 0.25) is 0 Å². The van der Waals surface area contributed by atoms with Crippen molar-refractivity contribution in [3.63, 3.8) is 0 Å². The molecule has 1 unspecified atom stereocenters. The van der Waals surface area contributed by atoms with E-state index in [1.165, 1.54) is 0 Å². The third-order valence-corrected chi connectivity index (χ3v) is 2.03. The van der Waals surface area contributed by atoms with E-state index < -0.39 is 0 Å². The van der Waals surface area contributed by atoms with Crippen LogP contribution in [0.3, 0.4) is 0 Å². The molecular weight excluding hydrogens is 193 g/mol. The molecule has 70 valence electrons. The minimum Gasteiger partial charge on any atom is -0.434 e. The smallest absolute Gasteiger partial charge is 0.434 e. The first-order valence-corrected chi connectivity index (χ1v) is 4.20. The number of carbonyl (C=O) groups is 1. The largest absolute Gasteiger partial charge is 1.00 e. The number of nitrogens with zero attached hydrogens (tertiary/aromatic N) is 3. The van der Waals surface area contributed by atoms with E-state index in [1.807, 2.05) is 7.05 Å². The normalized spacial score (nSPS) is 23.6. The van der Waals surface area contributed by atoms with Gasteiger partial charge in [0, 0.05) is 13.2 Å². The molecule has 0 bridgehead atoms. The van der Waals surface area contributed by atoms with Crippen molar-refractivity contribution in [2.75, 3.05) is 33.9 Å². The average Bonchev–Trinajstić information content (AvgIpc) is 2.01. The van der Waals surface area contributed by atoms with Crippen molar-refractivity contribution in [1.29, 1.82) is 0 Å². The Kier molecular flexibility index (Phi) is 6.79. The molecule has 0 spiro atoms. The molecule has 0 aliphatic carbocycles. The molecule has 0 saturated carbocycles. The van der Waals surface area contributed by atoms with E-state index in [0.29, 0.717) is 12.6 Å². The maximum absolute atomic E-state index is 11.2. The van der Waals surface area contributed by atoms with Gasteiger partial charge in [-0.25, -0.2) is 0 Å². The van der Waals surface area contributed by atoms with Crippen LogP contribution in [0.1, 0.15) is 6.92 Å². The van der Waals surface area contributed by atoms with E-state index in [-0.39, 0.29) is 57.4 Å². The molecule has 0 aromatic rings. The SMILES string of the molecule is C[N-]C(=O)N1CC(C)CN(C)C1.[K+]. The molecule has 0 aromatic carbocycles. The van der Waals surface area contributed by atoms with Crippen molar-refractivity contribution in [1.82, 2.24) is 9.80 Å². The standard InChI is InChI=1S/C8H17N3O.K/c1-7-4-10(3)6-11(5-7)8(12)9-2;/h7H,4-6H2,1-3H3,(H,9,12);/q;+1/p-1. The van der Waals surface area contributed by atoms with Crippen molar-refractivity contribution in [3.8, 4) is 0 Å². The Morgan fingerprint density at radius 2 is 2.08 bits per heavy atom. The first-order chi connectivity index (χ1) is 5.63.